The normalized spacial score (nSPS) is 19.8. The van der Waals surface area contributed by atoms with Gasteiger partial charge in [-0.05, 0) is 57.0 Å². The fourth-order valence-corrected chi connectivity index (χ4v) is 2.57. The van der Waals surface area contributed by atoms with Crippen LogP contribution in [0, 0.1) is 0 Å². The van der Waals surface area contributed by atoms with E-state index in [1.807, 2.05) is 12.1 Å². The first-order valence-corrected chi connectivity index (χ1v) is 6.69. The van der Waals surface area contributed by atoms with Crippen LogP contribution in [-0.2, 0) is 0 Å². The Bertz CT molecular complexity index is 378. The van der Waals surface area contributed by atoms with Crippen molar-refractivity contribution in [3.63, 3.8) is 0 Å². The van der Waals surface area contributed by atoms with Gasteiger partial charge in [0.05, 0.1) is 16.1 Å². The highest BCUT2D eigenvalue weighted by molar-refractivity contribution is 9.11. The zero-order valence-corrected chi connectivity index (χ0v) is 12.1. The third-order valence-corrected chi connectivity index (χ3v) is 3.75. The van der Waals surface area contributed by atoms with E-state index in [0.717, 1.165) is 40.0 Å². The van der Waals surface area contributed by atoms with Gasteiger partial charge in [-0.3, -0.25) is 0 Å². The highest BCUT2D eigenvalue weighted by atomic mass is 79.9. The van der Waals surface area contributed by atoms with Crippen molar-refractivity contribution in [1.82, 2.24) is 5.32 Å². The van der Waals surface area contributed by atoms with Gasteiger partial charge in [-0.1, -0.05) is 0 Å². The lowest BCUT2D eigenvalue weighted by Gasteiger charge is -2.15. The minimum atomic E-state index is 0.261. The molecule has 0 unspecified atom stereocenters. The standard InChI is InChI=1S/C11H13Br2NO2/c1-15-10-4-9(13)11(5-8(10)12)16-7-2-3-14-6-7/h4-5,7,14H,2-3,6H2,1H3/t7-/m0/s1. The van der Waals surface area contributed by atoms with Gasteiger partial charge in [0.25, 0.3) is 0 Å². The summed E-state index contributed by atoms with van der Waals surface area (Å²) in [6.45, 7) is 1.94. The summed E-state index contributed by atoms with van der Waals surface area (Å²) in [6, 6.07) is 3.84. The molecule has 1 atom stereocenters. The van der Waals surface area contributed by atoms with Crippen LogP contribution in [0.15, 0.2) is 21.1 Å². The van der Waals surface area contributed by atoms with E-state index in [1.54, 1.807) is 7.11 Å². The number of hydrogen-bond donors (Lipinski definition) is 1. The third kappa shape index (κ3) is 2.70. The van der Waals surface area contributed by atoms with E-state index in [1.165, 1.54) is 0 Å². The van der Waals surface area contributed by atoms with Crippen molar-refractivity contribution < 1.29 is 9.47 Å². The van der Waals surface area contributed by atoms with Gasteiger partial charge >= 0.3 is 0 Å². The molecule has 5 heteroatoms. The summed E-state index contributed by atoms with van der Waals surface area (Å²) in [5.74, 6) is 1.64. The maximum atomic E-state index is 5.89. The Labute approximate surface area is 112 Å². The van der Waals surface area contributed by atoms with Crippen LogP contribution in [0.3, 0.4) is 0 Å². The molecule has 0 aliphatic carbocycles. The van der Waals surface area contributed by atoms with Gasteiger partial charge in [0, 0.05) is 6.54 Å². The smallest absolute Gasteiger partial charge is 0.135 e. The maximum absolute atomic E-state index is 5.89. The molecule has 0 bridgehead atoms. The first-order valence-electron chi connectivity index (χ1n) is 5.11. The van der Waals surface area contributed by atoms with Crippen LogP contribution in [0.4, 0.5) is 0 Å². The molecule has 0 spiro atoms. The Balaban J connectivity index is 2.17. The quantitative estimate of drug-likeness (QED) is 0.909. The number of rotatable bonds is 3. The predicted octanol–water partition coefficient (Wildman–Crippen LogP) is 2.96. The van der Waals surface area contributed by atoms with E-state index in [2.05, 4.69) is 37.2 Å². The fourth-order valence-electron chi connectivity index (χ4n) is 1.67. The zero-order chi connectivity index (χ0) is 11.5. The van der Waals surface area contributed by atoms with E-state index in [4.69, 9.17) is 9.47 Å². The Morgan fingerprint density at radius 1 is 1.25 bits per heavy atom. The summed E-state index contributed by atoms with van der Waals surface area (Å²) in [7, 11) is 1.65. The van der Waals surface area contributed by atoms with E-state index in [9.17, 15) is 0 Å². The summed E-state index contributed by atoms with van der Waals surface area (Å²) in [5.41, 5.74) is 0. The van der Waals surface area contributed by atoms with Crippen LogP contribution >= 0.6 is 31.9 Å². The number of halogens is 2. The summed E-state index contributed by atoms with van der Waals surface area (Å²) in [5, 5.41) is 3.27. The third-order valence-electron chi connectivity index (χ3n) is 2.52. The van der Waals surface area contributed by atoms with Crippen molar-refractivity contribution >= 4 is 31.9 Å². The molecule has 0 radical (unpaired) electrons. The van der Waals surface area contributed by atoms with Crippen LogP contribution in [-0.4, -0.2) is 26.3 Å². The number of benzene rings is 1. The number of ether oxygens (including phenoxy) is 2. The summed E-state index contributed by atoms with van der Waals surface area (Å²) in [6.07, 6.45) is 1.31. The number of methoxy groups -OCH3 is 1. The van der Waals surface area contributed by atoms with Crippen molar-refractivity contribution in [2.75, 3.05) is 20.2 Å². The van der Waals surface area contributed by atoms with Crippen molar-refractivity contribution in [2.45, 2.75) is 12.5 Å². The minimum Gasteiger partial charge on any atom is -0.496 e. The summed E-state index contributed by atoms with van der Waals surface area (Å²) < 4.78 is 12.9. The van der Waals surface area contributed by atoms with Crippen LogP contribution in [0.2, 0.25) is 0 Å². The Morgan fingerprint density at radius 3 is 2.56 bits per heavy atom. The Hall–Kier alpha value is -0.260. The molecule has 0 amide bonds. The molecule has 3 nitrogen and oxygen atoms in total. The van der Waals surface area contributed by atoms with E-state index >= 15 is 0 Å². The first kappa shape index (κ1) is 12.2. The summed E-state index contributed by atoms with van der Waals surface area (Å²) >= 11 is 6.93. The van der Waals surface area contributed by atoms with Gasteiger partial charge < -0.3 is 14.8 Å². The van der Waals surface area contributed by atoms with Crippen LogP contribution in [0.1, 0.15) is 6.42 Å². The Kier molecular flexibility index (Phi) is 4.10. The molecule has 1 aromatic carbocycles. The molecule has 1 N–H and O–H groups in total. The van der Waals surface area contributed by atoms with Gasteiger partial charge in [0.1, 0.15) is 17.6 Å². The molecule has 0 aromatic heterocycles. The molecule has 1 aliphatic heterocycles. The average Bonchev–Trinajstić information content (AvgIpc) is 2.75. The SMILES string of the molecule is COc1cc(Br)c(O[C@H]2CCNC2)cc1Br. The van der Waals surface area contributed by atoms with Crippen LogP contribution < -0.4 is 14.8 Å². The van der Waals surface area contributed by atoms with Gasteiger partial charge in [-0.25, -0.2) is 0 Å². The molecule has 0 saturated carbocycles. The monoisotopic (exact) mass is 349 g/mol. The second-order valence-corrected chi connectivity index (χ2v) is 5.36. The van der Waals surface area contributed by atoms with Gasteiger partial charge in [0.15, 0.2) is 0 Å². The average molecular weight is 351 g/mol. The second-order valence-electron chi connectivity index (χ2n) is 3.65. The molecule has 2 rings (SSSR count). The van der Waals surface area contributed by atoms with E-state index < -0.39 is 0 Å². The molecule has 1 saturated heterocycles. The van der Waals surface area contributed by atoms with Crippen molar-refractivity contribution in [2.24, 2.45) is 0 Å². The lowest BCUT2D eigenvalue weighted by atomic mass is 10.3. The molecule has 1 aliphatic rings. The molecular formula is C11H13Br2NO2. The maximum Gasteiger partial charge on any atom is 0.135 e. The van der Waals surface area contributed by atoms with Gasteiger partial charge in [-0.15, -0.1) is 0 Å². The Morgan fingerprint density at radius 2 is 1.94 bits per heavy atom. The van der Waals surface area contributed by atoms with Gasteiger partial charge in [0.2, 0.25) is 0 Å². The second kappa shape index (κ2) is 5.38. The van der Waals surface area contributed by atoms with Crippen LogP contribution in [0.25, 0.3) is 0 Å². The zero-order valence-electron chi connectivity index (χ0n) is 8.93. The molecule has 1 heterocycles. The highest BCUT2D eigenvalue weighted by Gasteiger charge is 2.18. The van der Waals surface area contributed by atoms with Crippen molar-refractivity contribution in [1.29, 1.82) is 0 Å². The molecule has 88 valence electrons. The largest absolute Gasteiger partial charge is 0.496 e. The number of hydrogen-bond acceptors (Lipinski definition) is 3. The van der Waals surface area contributed by atoms with Crippen LogP contribution in [0.5, 0.6) is 11.5 Å². The molecule has 1 aromatic rings. The minimum absolute atomic E-state index is 0.261. The highest BCUT2D eigenvalue weighted by Crippen LogP contribution is 2.36. The molecule has 1 fully saturated rings. The molecule has 16 heavy (non-hydrogen) atoms. The topological polar surface area (TPSA) is 30.5 Å². The fraction of sp³-hybridized carbons (Fsp3) is 0.455. The van der Waals surface area contributed by atoms with E-state index in [-0.39, 0.29) is 6.10 Å². The van der Waals surface area contributed by atoms with Gasteiger partial charge in [-0.2, -0.15) is 0 Å². The lowest BCUT2D eigenvalue weighted by molar-refractivity contribution is 0.221. The summed E-state index contributed by atoms with van der Waals surface area (Å²) in [4.78, 5) is 0. The first-order chi connectivity index (χ1) is 7.70. The van der Waals surface area contributed by atoms with Crippen molar-refractivity contribution in [3.05, 3.63) is 21.1 Å². The number of nitrogens with one attached hydrogen (secondary N) is 1. The lowest BCUT2D eigenvalue weighted by Crippen LogP contribution is -2.19. The predicted molar refractivity (Wildman–Crippen MR) is 70.3 cm³/mol. The van der Waals surface area contributed by atoms with E-state index in [0.29, 0.717) is 0 Å². The van der Waals surface area contributed by atoms with Crippen molar-refractivity contribution in [3.8, 4) is 11.5 Å². The molecular weight excluding hydrogens is 338 g/mol.